The van der Waals surface area contributed by atoms with Crippen LogP contribution in [0.2, 0.25) is 0 Å². The van der Waals surface area contributed by atoms with E-state index in [1.54, 1.807) is 7.05 Å². The van der Waals surface area contributed by atoms with E-state index in [0.29, 0.717) is 5.96 Å². The van der Waals surface area contributed by atoms with E-state index >= 15 is 0 Å². The third kappa shape index (κ3) is 6.69. The molecule has 0 bridgehead atoms. The number of rotatable bonds is 4. The summed E-state index contributed by atoms with van der Waals surface area (Å²) in [4.78, 5) is 10.3. The van der Waals surface area contributed by atoms with E-state index in [0.717, 1.165) is 30.5 Å². The Morgan fingerprint density at radius 2 is 2.04 bits per heavy atom. The molecule has 0 saturated carbocycles. The molecule has 0 aromatic carbocycles. The standard InChI is InChI=1S/C16H27F2N5O.HI/c1-16(2,3)24-12-5-8-22(9-6-12)15(19-4)21-11-13-20-7-10-23(13)14(17)18;/h7,10,12,14H,5-6,8-9,11H2,1-4H3,(H,19,21);1H. The van der Waals surface area contributed by atoms with Crippen LogP contribution in [0.3, 0.4) is 0 Å². The second-order valence-electron chi connectivity index (χ2n) is 6.85. The van der Waals surface area contributed by atoms with Gasteiger partial charge in [0.2, 0.25) is 0 Å². The van der Waals surface area contributed by atoms with Crippen molar-refractivity contribution in [1.82, 2.24) is 19.8 Å². The second-order valence-corrected chi connectivity index (χ2v) is 6.85. The van der Waals surface area contributed by atoms with Gasteiger partial charge in [0.05, 0.1) is 18.2 Å². The molecule has 2 rings (SSSR count). The molecule has 0 aliphatic carbocycles. The van der Waals surface area contributed by atoms with E-state index in [4.69, 9.17) is 4.74 Å². The van der Waals surface area contributed by atoms with Crippen molar-refractivity contribution < 1.29 is 13.5 Å². The number of likely N-dealkylation sites (tertiary alicyclic amines) is 1. The highest BCUT2D eigenvalue weighted by molar-refractivity contribution is 14.0. The summed E-state index contributed by atoms with van der Waals surface area (Å²) in [5.41, 5.74) is -0.140. The second kappa shape index (κ2) is 9.65. The Kier molecular flexibility index (Phi) is 8.52. The monoisotopic (exact) mass is 471 g/mol. The first-order valence-corrected chi connectivity index (χ1v) is 8.23. The van der Waals surface area contributed by atoms with Crippen LogP contribution in [0.5, 0.6) is 0 Å². The zero-order valence-corrected chi connectivity index (χ0v) is 17.5. The first-order valence-electron chi connectivity index (χ1n) is 8.23. The van der Waals surface area contributed by atoms with Gasteiger partial charge in [-0.3, -0.25) is 9.56 Å². The lowest BCUT2D eigenvalue weighted by atomic mass is 10.1. The van der Waals surface area contributed by atoms with E-state index in [1.165, 1.54) is 12.4 Å². The Morgan fingerprint density at radius 1 is 1.40 bits per heavy atom. The Labute approximate surface area is 165 Å². The number of nitrogens with one attached hydrogen (secondary N) is 1. The number of nitrogens with zero attached hydrogens (tertiary/aromatic N) is 4. The molecule has 1 aliphatic heterocycles. The van der Waals surface area contributed by atoms with Gasteiger partial charge in [0, 0.05) is 32.5 Å². The molecule has 0 spiro atoms. The molecule has 1 saturated heterocycles. The third-order valence-electron chi connectivity index (χ3n) is 3.84. The van der Waals surface area contributed by atoms with Gasteiger partial charge in [-0.05, 0) is 33.6 Å². The average Bonchev–Trinajstić information content (AvgIpc) is 2.96. The van der Waals surface area contributed by atoms with E-state index in [2.05, 4.69) is 41.0 Å². The fourth-order valence-electron chi connectivity index (χ4n) is 2.83. The van der Waals surface area contributed by atoms with Gasteiger partial charge in [-0.15, -0.1) is 24.0 Å². The van der Waals surface area contributed by atoms with Crippen LogP contribution in [0, 0.1) is 0 Å². The Morgan fingerprint density at radius 3 is 2.56 bits per heavy atom. The minimum Gasteiger partial charge on any atom is -0.372 e. The minimum absolute atomic E-state index is 0. The number of hydrogen-bond donors (Lipinski definition) is 1. The maximum absolute atomic E-state index is 12.8. The summed E-state index contributed by atoms with van der Waals surface area (Å²) >= 11 is 0. The minimum atomic E-state index is -2.59. The van der Waals surface area contributed by atoms with Crippen LogP contribution in [0.4, 0.5) is 8.78 Å². The van der Waals surface area contributed by atoms with Gasteiger partial charge in [0.1, 0.15) is 5.82 Å². The quantitative estimate of drug-likeness (QED) is 0.416. The van der Waals surface area contributed by atoms with Gasteiger partial charge in [-0.25, -0.2) is 4.98 Å². The summed E-state index contributed by atoms with van der Waals surface area (Å²) in [6.45, 7) is 5.45. The van der Waals surface area contributed by atoms with Gasteiger partial charge in [-0.2, -0.15) is 8.78 Å². The molecular formula is C16H28F2IN5O. The topological polar surface area (TPSA) is 54.7 Å². The summed E-state index contributed by atoms with van der Waals surface area (Å²) in [5.74, 6) is 0.991. The third-order valence-corrected chi connectivity index (χ3v) is 3.84. The first kappa shape index (κ1) is 22.1. The molecule has 6 nitrogen and oxygen atoms in total. The van der Waals surface area contributed by atoms with Crippen molar-refractivity contribution in [1.29, 1.82) is 0 Å². The molecule has 1 aromatic rings. The lowest BCUT2D eigenvalue weighted by Crippen LogP contribution is -2.47. The molecule has 144 valence electrons. The Balaban J connectivity index is 0.00000312. The molecule has 0 unspecified atom stereocenters. The van der Waals surface area contributed by atoms with Crippen molar-refractivity contribution in [2.45, 2.75) is 58.4 Å². The van der Waals surface area contributed by atoms with Crippen molar-refractivity contribution in [3.05, 3.63) is 18.2 Å². The Hall–Kier alpha value is -0.970. The molecule has 0 radical (unpaired) electrons. The summed E-state index contributed by atoms with van der Waals surface area (Å²) in [7, 11) is 1.69. The van der Waals surface area contributed by atoms with Gasteiger partial charge < -0.3 is 15.0 Å². The van der Waals surface area contributed by atoms with E-state index in [9.17, 15) is 8.78 Å². The fourth-order valence-corrected chi connectivity index (χ4v) is 2.83. The largest absolute Gasteiger partial charge is 0.372 e. The van der Waals surface area contributed by atoms with Gasteiger partial charge in [-0.1, -0.05) is 0 Å². The van der Waals surface area contributed by atoms with Crippen LogP contribution in [0.15, 0.2) is 17.4 Å². The van der Waals surface area contributed by atoms with Crippen molar-refractivity contribution in [3.63, 3.8) is 0 Å². The van der Waals surface area contributed by atoms with Crippen LogP contribution in [0.1, 0.15) is 46.0 Å². The average molecular weight is 471 g/mol. The maximum atomic E-state index is 12.8. The molecule has 0 amide bonds. The van der Waals surface area contributed by atoms with Crippen LogP contribution in [0.25, 0.3) is 0 Å². The molecule has 25 heavy (non-hydrogen) atoms. The number of aliphatic imine (C=N–C) groups is 1. The van der Waals surface area contributed by atoms with Crippen molar-refractivity contribution in [2.24, 2.45) is 4.99 Å². The van der Waals surface area contributed by atoms with Gasteiger partial charge in [0.15, 0.2) is 5.96 Å². The van der Waals surface area contributed by atoms with Gasteiger partial charge in [0.25, 0.3) is 0 Å². The summed E-state index contributed by atoms with van der Waals surface area (Å²) < 4.78 is 32.6. The fraction of sp³-hybridized carbons (Fsp3) is 0.750. The predicted octanol–water partition coefficient (Wildman–Crippen LogP) is 3.25. The first-order chi connectivity index (χ1) is 11.3. The highest BCUT2D eigenvalue weighted by atomic mass is 127. The van der Waals surface area contributed by atoms with Crippen molar-refractivity contribution >= 4 is 29.9 Å². The molecule has 0 atom stereocenters. The van der Waals surface area contributed by atoms with E-state index < -0.39 is 6.55 Å². The Bertz CT molecular complexity index is 551. The number of aromatic nitrogens is 2. The molecule has 9 heteroatoms. The van der Waals surface area contributed by atoms with Crippen LogP contribution in [-0.4, -0.2) is 52.3 Å². The van der Waals surface area contributed by atoms with E-state index in [-0.39, 0.29) is 48.1 Å². The SMILES string of the molecule is CN=C(NCc1nccn1C(F)F)N1CCC(OC(C)(C)C)CC1.I. The highest BCUT2D eigenvalue weighted by Gasteiger charge is 2.25. The number of piperidine rings is 1. The zero-order valence-electron chi connectivity index (χ0n) is 15.2. The molecule has 1 fully saturated rings. The van der Waals surface area contributed by atoms with Crippen LogP contribution >= 0.6 is 24.0 Å². The number of ether oxygens (including phenoxy) is 1. The molecule has 1 aromatic heterocycles. The van der Waals surface area contributed by atoms with Crippen molar-refractivity contribution in [3.8, 4) is 0 Å². The zero-order chi connectivity index (χ0) is 17.7. The number of imidazole rings is 1. The number of alkyl halides is 2. The number of halogens is 3. The van der Waals surface area contributed by atoms with E-state index in [1.807, 2.05) is 0 Å². The number of guanidine groups is 1. The lowest BCUT2D eigenvalue weighted by molar-refractivity contribution is -0.0773. The van der Waals surface area contributed by atoms with Crippen molar-refractivity contribution in [2.75, 3.05) is 20.1 Å². The normalized spacial score (nSPS) is 16.9. The summed E-state index contributed by atoms with van der Waals surface area (Å²) in [6.07, 6.45) is 4.74. The van der Waals surface area contributed by atoms with Gasteiger partial charge >= 0.3 is 6.55 Å². The molecule has 1 N–H and O–H groups in total. The molecular weight excluding hydrogens is 443 g/mol. The lowest BCUT2D eigenvalue weighted by Gasteiger charge is -2.36. The predicted molar refractivity (Wildman–Crippen MR) is 105 cm³/mol. The smallest absolute Gasteiger partial charge is 0.319 e. The summed E-state index contributed by atoms with van der Waals surface area (Å²) in [5, 5.41) is 3.12. The maximum Gasteiger partial charge on any atom is 0.319 e. The van der Waals surface area contributed by atoms with Crippen LogP contribution in [-0.2, 0) is 11.3 Å². The highest BCUT2D eigenvalue weighted by Crippen LogP contribution is 2.20. The molecule has 1 aliphatic rings. The number of hydrogen-bond acceptors (Lipinski definition) is 3. The van der Waals surface area contributed by atoms with Crippen LogP contribution < -0.4 is 5.32 Å². The molecule has 2 heterocycles. The summed E-state index contributed by atoms with van der Waals surface area (Å²) in [6, 6.07) is 0.